The van der Waals surface area contributed by atoms with E-state index in [2.05, 4.69) is 58.4 Å². The first-order valence-corrected chi connectivity index (χ1v) is 8.30. The maximum Gasteiger partial charge on any atom is 0.127 e. The number of rotatable bonds is 5. The van der Waals surface area contributed by atoms with Crippen LogP contribution >= 0.6 is 15.9 Å². The van der Waals surface area contributed by atoms with Gasteiger partial charge in [-0.05, 0) is 29.3 Å². The van der Waals surface area contributed by atoms with Crippen molar-refractivity contribution in [2.45, 2.75) is 6.61 Å². The zero-order chi connectivity index (χ0) is 15.9. The minimum absolute atomic E-state index is 0.572. The average Bonchev–Trinajstić information content (AvgIpc) is 2.60. The Bertz CT molecular complexity index is 794. The van der Waals surface area contributed by atoms with Gasteiger partial charge in [-0.15, -0.1) is 0 Å². The van der Waals surface area contributed by atoms with Gasteiger partial charge in [0.25, 0.3) is 0 Å². The molecule has 0 aliphatic heterocycles. The molecule has 2 heteroatoms. The lowest BCUT2D eigenvalue weighted by Crippen LogP contribution is -1.96. The van der Waals surface area contributed by atoms with E-state index in [1.165, 1.54) is 5.56 Å². The Labute approximate surface area is 145 Å². The van der Waals surface area contributed by atoms with Crippen molar-refractivity contribution in [3.63, 3.8) is 0 Å². The number of halogens is 1. The fourth-order valence-corrected chi connectivity index (χ4v) is 2.70. The van der Waals surface area contributed by atoms with Crippen LogP contribution in [0.4, 0.5) is 0 Å². The quantitative estimate of drug-likeness (QED) is 0.489. The molecule has 0 bridgehead atoms. The van der Waals surface area contributed by atoms with Gasteiger partial charge >= 0.3 is 0 Å². The van der Waals surface area contributed by atoms with E-state index in [0.29, 0.717) is 6.61 Å². The highest BCUT2D eigenvalue weighted by Crippen LogP contribution is 2.22. The van der Waals surface area contributed by atoms with Crippen LogP contribution < -0.4 is 4.74 Å². The summed E-state index contributed by atoms with van der Waals surface area (Å²) in [4.78, 5) is 0. The highest BCUT2D eigenvalue weighted by Gasteiger charge is 2.00. The van der Waals surface area contributed by atoms with Crippen LogP contribution in [0.1, 0.15) is 16.7 Å². The molecule has 0 atom stereocenters. The van der Waals surface area contributed by atoms with E-state index in [-0.39, 0.29) is 0 Å². The van der Waals surface area contributed by atoms with Crippen molar-refractivity contribution < 1.29 is 4.74 Å². The monoisotopic (exact) mass is 364 g/mol. The van der Waals surface area contributed by atoms with Crippen LogP contribution in [0.3, 0.4) is 0 Å². The summed E-state index contributed by atoms with van der Waals surface area (Å²) in [5.74, 6) is 0.891. The van der Waals surface area contributed by atoms with Gasteiger partial charge in [0.05, 0.1) is 0 Å². The molecule has 0 saturated carbocycles. The first-order valence-electron chi connectivity index (χ1n) is 7.51. The Balaban J connectivity index is 1.75. The molecule has 0 aliphatic carbocycles. The molecule has 3 aromatic carbocycles. The minimum atomic E-state index is 0.572. The summed E-state index contributed by atoms with van der Waals surface area (Å²) in [5.41, 5.74) is 3.39. The predicted octanol–water partition coefficient (Wildman–Crippen LogP) is 6.20. The molecule has 0 unspecified atom stereocenters. The molecular formula is C21H17BrO. The van der Waals surface area contributed by atoms with Crippen molar-refractivity contribution in [1.29, 1.82) is 0 Å². The Kier molecular flexibility index (Phi) is 5.28. The molecule has 0 heterocycles. The second kappa shape index (κ2) is 7.80. The van der Waals surface area contributed by atoms with Crippen molar-refractivity contribution >= 4 is 28.1 Å². The summed E-state index contributed by atoms with van der Waals surface area (Å²) in [7, 11) is 0. The Hall–Kier alpha value is -2.32. The van der Waals surface area contributed by atoms with Crippen LogP contribution in [-0.4, -0.2) is 0 Å². The number of para-hydroxylation sites is 1. The number of hydrogen-bond donors (Lipinski definition) is 0. The molecule has 23 heavy (non-hydrogen) atoms. The van der Waals surface area contributed by atoms with Crippen LogP contribution in [-0.2, 0) is 6.61 Å². The zero-order valence-corrected chi connectivity index (χ0v) is 14.2. The molecule has 0 radical (unpaired) electrons. The molecule has 1 nitrogen and oxygen atoms in total. The van der Waals surface area contributed by atoms with Crippen LogP contribution in [0, 0.1) is 0 Å². The normalized spacial score (nSPS) is 10.8. The maximum atomic E-state index is 5.97. The van der Waals surface area contributed by atoms with Crippen LogP contribution in [0.2, 0.25) is 0 Å². The maximum absolute atomic E-state index is 5.97. The van der Waals surface area contributed by atoms with E-state index < -0.39 is 0 Å². The van der Waals surface area contributed by atoms with Crippen molar-refractivity contribution in [1.82, 2.24) is 0 Å². The lowest BCUT2D eigenvalue weighted by atomic mass is 10.1. The molecule has 0 aromatic heterocycles. The first kappa shape index (κ1) is 15.6. The molecule has 114 valence electrons. The van der Waals surface area contributed by atoms with Gasteiger partial charge in [-0.2, -0.15) is 0 Å². The van der Waals surface area contributed by atoms with E-state index in [1.54, 1.807) is 0 Å². The topological polar surface area (TPSA) is 9.23 Å². The second-order valence-corrected chi connectivity index (χ2v) is 6.12. The lowest BCUT2D eigenvalue weighted by Gasteiger charge is -2.09. The van der Waals surface area contributed by atoms with Crippen LogP contribution in [0.25, 0.3) is 12.2 Å². The summed E-state index contributed by atoms with van der Waals surface area (Å²) in [6, 6.07) is 26.5. The van der Waals surface area contributed by atoms with E-state index in [0.717, 1.165) is 21.3 Å². The molecule has 0 saturated heterocycles. The SMILES string of the molecule is Brc1cccc(/C=C/c2ccccc2OCc2ccccc2)c1. The zero-order valence-electron chi connectivity index (χ0n) is 12.7. The Morgan fingerprint density at radius 1 is 0.783 bits per heavy atom. The smallest absolute Gasteiger partial charge is 0.127 e. The van der Waals surface area contributed by atoms with Crippen LogP contribution in [0.15, 0.2) is 83.3 Å². The van der Waals surface area contributed by atoms with Crippen molar-refractivity contribution in [2.75, 3.05) is 0 Å². The van der Waals surface area contributed by atoms with Gasteiger partial charge in [0, 0.05) is 10.0 Å². The number of hydrogen-bond acceptors (Lipinski definition) is 1. The van der Waals surface area contributed by atoms with Gasteiger partial charge in [0.1, 0.15) is 12.4 Å². The molecule has 3 rings (SSSR count). The summed E-state index contributed by atoms with van der Waals surface area (Å²) < 4.78 is 7.05. The van der Waals surface area contributed by atoms with Crippen LogP contribution in [0.5, 0.6) is 5.75 Å². The van der Waals surface area contributed by atoms with Crippen molar-refractivity contribution in [3.05, 3.63) is 100 Å². The second-order valence-electron chi connectivity index (χ2n) is 5.20. The van der Waals surface area contributed by atoms with E-state index in [1.807, 2.05) is 48.5 Å². The molecule has 0 amide bonds. The number of benzene rings is 3. The summed E-state index contributed by atoms with van der Waals surface area (Å²) in [5, 5.41) is 0. The van der Waals surface area contributed by atoms with Gasteiger partial charge in [-0.3, -0.25) is 0 Å². The minimum Gasteiger partial charge on any atom is -0.488 e. The third-order valence-corrected chi connectivity index (χ3v) is 3.95. The molecule has 3 aromatic rings. The standard InChI is InChI=1S/C21H17BrO/c22-20-11-6-9-17(15-20)13-14-19-10-4-5-12-21(19)23-16-18-7-2-1-3-8-18/h1-15H,16H2/b14-13+. The van der Waals surface area contributed by atoms with E-state index in [9.17, 15) is 0 Å². The fraction of sp³-hybridized carbons (Fsp3) is 0.0476. The molecule has 0 aliphatic rings. The van der Waals surface area contributed by atoms with E-state index >= 15 is 0 Å². The largest absolute Gasteiger partial charge is 0.488 e. The first-order chi connectivity index (χ1) is 11.3. The summed E-state index contributed by atoms with van der Waals surface area (Å²) >= 11 is 3.50. The van der Waals surface area contributed by atoms with Crippen molar-refractivity contribution in [2.24, 2.45) is 0 Å². The predicted molar refractivity (Wildman–Crippen MR) is 100 cm³/mol. The Morgan fingerprint density at radius 2 is 1.57 bits per heavy atom. The van der Waals surface area contributed by atoms with Gasteiger partial charge in [0.2, 0.25) is 0 Å². The lowest BCUT2D eigenvalue weighted by molar-refractivity contribution is 0.305. The highest BCUT2D eigenvalue weighted by atomic mass is 79.9. The van der Waals surface area contributed by atoms with Crippen molar-refractivity contribution in [3.8, 4) is 5.75 Å². The third-order valence-electron chi connectivity index (χ3n) is 3.46. The van der Waals surface area contributed by atoms with E-state index in [4.69, 9.17) is 4.74 Å². The summed E-state index contributed by atoms with van der Waals surface area (Å²) in [6.45, 7) is 0.572. The van der Waals surface area contributed by atoms with Gasteiger partial charge in [-0.25, -0.2) is 0 Å². The van der Waals surface area contributed by atoms with Gasteiger partial charge in [-0.1, -0.05) is 88.7 Å². The van der Waals surface area contributed by atoms with Gasteiger partial charge < -0.3 is 4.74 Å². The molecule has 0 fully saturated rings. The average molecular weight is 365 g/mol. The number of ether oxygens (including phenoxy) is 1. The fourth-order valence-electron chi connectivity index (χ4n) is 2.28. The summed E-state index contributed by atoms with van der Waals surface area (Å²) in [6.07, 6.45) is 4.18. The van der Waals surface area contributed by atoms with Gasteiger partial charge in [0.15, 0.2) is 0 Å². The molecule has 0 spiro atoms. The molecule has 0 N–H and O–H groups in total. The Morgan fingerprint density at radius 3 is 2.39 bits per heavy atom. The molecular weight excluding hydrogens is 348 g/mol. The highest BCUT2D eigenvalue weighted by molar-refractivity contribution is 9.10. The third kappa shape index (κ3) is 4.57.